The molecule has 4 heteroatoms. The molecule has 1 aliphatic rings. The first kappa shape index (κ1) is 10.4. The van der Waals surface area contributed by atoms with E-state index >= 15 is 0 Å². The summed E-state index contributed by atoms with van der Waals surface area (Å²) >= 11 is 0. The second-order valence-electron chi connectivity index (χ2n) is 4.61. The van der Waals surface area contributed by atoms with E-state index < -0.39 is 0 Å². The summed E-state index contributed by atoms with van der Waals surface area (Å²) < 4.78 is 0. The summed E-state index contributed by atoms with van der Waals surface area (Å²) in [6, 6.07) is 4.56. The molecule has 1 saturated heterocycles. The van der Waals surface area contributed by atoms with Gasteiger partial charge in [0.25, 0.3) is 0 Å². The molecule has 0 N–H and O–H groups in total. The van der Waals surface area contributed by atoms with Crippen LogP contribution in [0.4, 0.5) is 5.82 Å². The maximum Gasteiger partial charge on any atom is 0.164 e. The number of aromatic nitrogens is 3. The molecule has 1 atom stereocenters. The molecule has 0 saturated carbocycles. The van der Waals surface area contributed by atoms with E-state index in [1.54, 1.807) is 12.5 Å². The van der Waals surface area contributed by atoms with E-state index in [0.29, 0.717) is 6.04 Å². The maximum atomic E-state index is 4.46. The summed E-state index contributed by atoms with van der Waals surface area (Å²) in [7, 11) is 0. The molecule has 0 spiro atoms. The van der Waals surface area contributed by atoms with E-state index in [1.807, 2.05) is 6.07 Å². The van der Waals surface area contributed by atoms with Crippen LogP contribution in [-0.2, 0) is 0 Å². The number of hydrogen-bond donors (Lipinski definition) is 0. The van der Waals surface area contributed by atoms with Crippen molar-refractivity contribution in [1.82, 2.24) is 15.0 Å². The third kappa shape index (κ3) is 1.84. The van der Waals surface area contributed by atoms with Crippen molar-refractivity contribution in [3.63, 3.8) is 0 Å². The summed E-state index contributed by atoms with van der Waals surface area (Å²) in [6.07, 6.45) is 7.20. The third-order valence-corrected chi connectivity index (χ3v) is 3.46. The smallest absolute Gasteiger partial charge is 0.164 e. The Kier molecular flexibility index (Phi) is 2.63. The van der Waals surface area contributed by atoms with Gasteiger partial charge in [0.15, 0.2) is 5.65 Å². The highest BCUT2D eigenvalue weighted by Crippen LogP contribution is 2.27. The fourth-order valence-electron chi connectivity index (χ4n) is 2.52. The lowest BCUT2D eigenvalue weighted by molar-refractivity contribution is 0.482. The van der Waals surface area contributed by atoms with Gasteiger partial charge >= 0.3 is 0 Å². The highest BCUT2D eigenvalue weighted by Gasteiger charge is 2.21. The van der Waals surface area contributed by atoms with E-state index in [4.69, 9.17) is 0 Å². The minimum Gasteiger partial charge on any atom is -0.353 e. The van der Waals surface area contributed by atoms with Gasteiger partial charge in [-0.1, -0.05) is 0 Å². The Bertz CT molecular complexity index is 520. The average molecular weight is 228 g/mol. The zero-order chi connectivity index (χ0) is 11.7. The van der Waals surface area contributed by atoms with Crippen LogP contribution in [0, 0.1) is 0 Å². The number of anilines is 1. The lowest BCUT2D eigenvalue weighted by Crippen LogP contribution is -2.38. The first-order valence-electron chi connectivity index (χ1n) is 6.18. The molecule has 0 amide bonds. The summed E-state index contributed by atoms with van der Waals surface area (Å²) in [5, 5.41) is 1.06. The van der Waals surface area contributed by atoms with E-state index in [0.717, 1.165) is 23.4 Å². The molecule has 1 fully saturated rings. The van der Waals surface area contributed by atoms with Crippen molar-refractivity contribution in [2.75, 3.05) is 11.4 Å². The Morgan fingerprint density at radius 3 is 3.06 bits per heavy atom. The predicted molar refractivity (Wildman–Crippen MR) is 68.0 cm³/mol. The van der Waals surface area contributed by atoms with Gasteiger partial charge in [-0.15, -0.1) is 0 Å². The molecule has 0 aliphatic carbocycles. The van der Waals surface area contributed by atoms with Crippen LogP contribution >= 0.6 is 0 Å². The number of fused-ring (bicyclic) bond motifs is 1. The summed E-state index contributed by atoms with van der Waals surface area (Å²) in [6.45, 7) is 3.35. The van der Waals surface area contributed by atoms with Crippen molar-refractivity contribution < 1.29 is 0 Å². The first-order chi connectivity index (χ1) is 8.36. The van der Waals surface area contributed by atoms with Gasteiger partial charge in [0.05, 0.1) is 5.39 Å². The Balaban J connectivity index is 2.10. The lowest BCUT2D eigenvalue weighted by atomic mass is 10.0. The van der Waals surface area contributed by atoms with Crippen LogP contribution in [0.25, 0.3) is 11.0 Å². The van der Waals surface area contributed by atoms with Crippen LogP contribution in [0.15, 0.2) is 24.7 Å². The van der Waals surface area contributed by atoms with Gasteiger partial charge in [-0.2, -0.15) is 0 Å². The number of piperidine rings is 1. The largest absolute Gasteiger partial charge is 0.353 e. The molecule has 1 aliphatic heterocycles. The van der Waals surface area contributed by atoms with E-state index in [1.165, 1.54) is 19.3 Å². The molecule has 3 heterocycles. The molecule has 0 bridgehead atoms. The van der Waals surface area contributed by atoms with E-state index in [2.05, 4.69) is 32.8 Å². The fourth-order valence-corrected chi connectivity index (χ4v) is 2.52. The SMILES string of the molecule is CC1CCCCN1c1ncnc2ncccc12. The van der Waals surface area contributed by atoms with E-state index in [-0.39, 0.29) is 0 Å². The molecule has 3 rings (SSSR count). The van der Waals surface area contributed by atoms with Crippen LogP contribution in [0.1, 0.15) is 26.2 Å². The summed E-state index contributed by atoms with van der Waals surface area (Å²) in [5.74, 6) is 1.04. The zero-order valence-corrected chi connectivity index (χ0v) is 10.0. The van der Waals surface area contributed by atoms with Crippen molar-refractivity contribution >= 4 is 16.9 Å². The number of nitrogens with zero attached hydrogens (tertiary/aromatic N) is 4. The molecule has 2 aromatic heterocycles. The number of hydrogen-bond acceptors (Lipinski definition) is 4. The molecule has 17 heavy (non-hydrogen) atoms. The highest BCUT2D eigenvalue weighted by atomic mass is 15.2. The molecule has 2 aromatic rings. The van der Waals surface area contributed by atoms with Gasteiger partial charge in [-0.05, 0) is 38.3 Å². The van der Waals surface area contributed by atoms with Crippen LogP contribution in [0.3, 0.4) is 0 Å². The minimum absolute atomic E-state index is 0.557. The second-order valence-corrected chi connectivity index (χ2v) is 4.61. The first-order valence-corrected chi connectivity index (χ1v) is 6.18. The van der Waals surface area contributed by atoms with Crippen LogP contribution in [0.5, 0.6) is 0 Å². The van der Waals surface area contributed by atoms with Crippen LogP contribution < -0.4 is 4.90 Å². The van der Waals surface area contributed by atoms with Crippen molar-refractivity contribution in [2.24, 2.45) is 0 Å². The van der Waals surface area contributed by atoms with Gasteiger partial charge in [0, 0.05) is 18.8 Å². The molecule has 4 nitrogen and oxygen atoms in total. The quantitative estimate of drug-likeness (QED) is 0.751. The van der Waals surface area contributed by atoms with Crippen molar-refractivity contribution in [2.45, 2.75) is 32.2 Å². The average Bonchev–Trinajstić information content (AvgIpc) is 2.39. The molecular formula is C13H16N4. The van der Waals surface area contributed by atoms with Crippen molar-refractivity contribution in [1.29, 1.82) is 0 Å². The third-order valence-electron chi connectivity index (χ3n) is 3.46. The van der Waals surface area contributed by atoms with Gasteiger partial charge in [0.1, 0.15) is 12.1 Å². The predicted octanol–water partition coefficient (Wildman–Crippen LogP) is 2.40. The van der Waals surface area contributed by atoms with Gasteiger partial charge in [-0.3, -0.25) is 0 Å². The fraction of sp³-hybridized carbons (Fsp3) is 0.462. The highest BCUT2D eigenvalue weighted by molar-refractivity contribution is 5.86. The standard InChI is InChI=1S/C13H16N4/c1-10-5-2-3-8-17(10)13-11-6-4-7-14-12(11)15-9-16-13/h4,6-7,9-10H,2-3,5,8H2,1H3. The second kappa shape index (κ2) is 4.28. The Hall–Kier alpha value is -1.71. The van der Waals surface area contributed by atoms with Crippen molar-refractivity contribution in [3.05, 3.63) is 24.7 Å². The molecule has 88 valence electrons. The Labute approximate surface area is 101 Å². The molecular weight excluding hydrogens is 212 g/mol. The summed E-state index contributed by atoms with van der Waals surface area (Å²) in [5.41, 5.74) is 0.787. The minimum atomic E-state index is 0.557. The van der Waals surface area contributed by atoms with Gasteiger partial charge in [0.2, 0.25) is 0 Å². The summed E-state index contributed by atoms with van der Waals surface area (Å²) in [4.78, 5) is 15.3. The Morgan fingerprint density at radius 1 is 1.24 bits per heavy atom. The lowest BCUT2D eigenvalue weighted by Gasteiger charge is -2.34. The normalized spacial score (nSPS) is 20.8. The maximum absolute atomic E-state index is 4.46. The molecule has 1 unspecified atom stereocenters. The Morgan fingerprint density at radius 2 is 2.18 bits per heavy atom. The topological polar surface area (TPSA) is 41.9 Å². The molecule has 0 aromatic carbocycles. The molecule has 0 radical (unpaired) electrons. The number of rotatable bonds is 1. The van der Waals surface area contributed by atoms with Crippen LogP contribution in [0.2, 0.25) is 0 Å². The van der Waals surface area contributed by atoms with Crippen LogP contribution in [-0.4, -0.2) is 27.5 Å². The monoisotopic (exact) mass is 228 g/mol. The van der Waals surface area contributed by atoms with Crippen molar-refractivity contribution in [3.8, 4) is 0 Å². The van der Waals surface area contributed by atoms with Gasteiger partial charge in [-0.25, -0.2) is 15.0 Å². The van der Waals surface area contributed by atoms with Gasteiger partial charge < -0.3 is 4.90 Å². The number of pyridine rings is 1. The zero-order valence-electron chi connectivity index (χ0n) is 10.0. The van der Waals surface area contributed by atoms with E-state index in [9.17, 15) is 0 Å².